The van der Waals surface area contributed by atoms with Crippen LogP contribution in [0, 0.1) is 5.92 Å². The van der Waals surface area contributed by atoms with Crippen molar-refractivity contribution in [1.82, 2.24) is 9.97 Å². The number of azo groups is 1. The largest absolute Gasteiger partial charge is 0.474 e. The van der Waals surface area contributed by atoms with E-state index in [1.807, 2.05) is 30.4 Å². The fourth-order valence-corrected chi connectivity index (χ4v) is 4.44. The first kappa shape index (κ1) is 17.5. The summed E-state index contributed by atoms with van der Waals surface area (Å²) in [7, 11) is 0. The number of fused-ring (bicyclic) bond motifs is 3. The quantitative estimate of drug-likeness (QED) is 0.835. The van der Waals surface area contributed by atoms with E-state index in [0.29, 0.717) is 18.3 Å². The highest BCUT2D eigenvalue weighted by atomic mass is 35.5. The van der Waals surface area contributed by atoms with Gasteiger partial charge in [-0.25, -0.2) is 4.98 Å². The first-order chi connectivity index (χ1) is 13.8. The predicted octanol–water partition coefficient (Wildman–Crippen LogP) is 3.45. The van der Waals surface area contributed by atoms with Crippen LogP contribution in [0.4, 0.5) is 5.69 Å². The first-order valence-corrected chi connectivity index (χ1v) is 10.2. The highest BCUT2D eigenvalue weighted by Gasteiger charge is 2.28. The molecule has 1 aliphatic carbocycles. The van der Waals surface area contributed by atoms with E-state index >= 15 is 0 Å². The minimum absolute atomic E-state index is 0.214. The third kappa shape index (κ3) is 3.33. The standard InChI is InChI=1S/C21H22ClN5O/c22-14-8-10-24-20-16-12-25-27-19(21(16)26-17(20)11-14)13-4-6-15(7-5-13)28-18-3-1-2-9-23-18/h1-3,8-9,11,13,15,24,26H,4-7,10,12H2/t13-,15-. The van der Waals surface area contributed by atoms with Gasteiger partial charge in [-0.05, 0) is 43.9 Å². The maximum Gasteiger partial charge on any atom is 0.213 e. The van der Waals surface area contributed by atoms with Crippen LogP contribution in [0.3, 0.4) is 0 Å². The van der Waals surface area contributed by atoms with Gasteiger partial charge in [0.25, 0.3) is 0 Å². The van der Waals surface area contributed by atoms with Crippen LogP contribution < -0.4 is 20.8 Å². The Kier molecular flexibility index (Phi) is 4.64. The Morgan fingerprint density at radius 2 is 2.04 bits per heavy atom. The minimum atomic E-state index is 0.214. The lowest BCUT2D eigenvalue weighted by atomic mass is 9.84. The molecule has 0 amide bonds. The summed E-state index contributed by atoms with van der Waals surface area (Å²) < 4.78 is 6.03. The van der Waals surface area contributed by atoms with Crippen molar-refractivity contribution < 1.29 is 4.74 Å². The van der Waals surface area contributed by atoms with E-state index in [0.717, 1.165) is 59.3 Å². The number of nitrogens with zero attached hydrogens (tertiary/aromatic N) is 3. The topological polar surface area (TPSA) is 74.7 Å². The van der Waals surface area contributed by atoms with E-state index in [-0.39, 0.29) is 6.10 Å². The Hall–Kier alpha value is -2.60. The third-order valence-corrected chi connectivity index (χ3v) is 5.90. The number of aromatic amines is 1. The highest BCUT2D eigenvalue weighted by Crippen LogP contribution is 2.34. The van der Waals surface area contributed by atoms with Gasteiger partial charge in [-0.2, -0.15) is 10.2 Å². The van der Waals surface area contributed by atoms with Crippen molar-refractivity contribution in [2.24, 2.45) is 16.1 Å². The summed E-state index contributed by atoms with van der Waals surface area (Å²) in [6, 6.07) is 5.77. The Bertz CT molecular complexity index is 1050. The summed E-state index contributed by atoms with van der Waals surface area (Å²) in [6.45, 7) is 1.32. The van der Waals surface area contributed by atoms with Gasteiger partial charge in [0, 0.05) is 35.3 Å². The van der Waals surface area contributed by atoms with E-state index < -0.39 is 0 Å². The molecule has 0 unspecified atom stereocenters. The second kappa shape index (κ2) is 7.43. The highest BCUT2D eigenvalue weighted by molar-refractivity contribution is 6.34. The Balaban J connectivity index is 1.39. The Morgan fingerprint density at radius 3 is 2.86 bits per heavy atom. The maximum absolute atomic E-state index is 6.25. The van der Waals surface area contributed by atoms with Crippen molar-refractivity contribution in [2.75, 3.05) is 11.9 Å². The van der Waals surface area contributed by atoms with Crippen molar-refractivity contribution in [3.05, 3.63) is 51.8 Å². The zero-order valence-electron chi connectivity index (χ0n) is 15.5. The SMILES string of the molecule is ClC1=CCNc2c3c([nH]c2=C1)=C([C@H]1CC[C@H](Oc2ccccn2)CC1)N=NC3. The summed E-state index contributed by atoms with van der Waals surface area (Å²) in [5, 5.41) is 15.3. The molecule has 28 heavy (non-hydrogen) atoms. The monoisotopic (exact) mass is 395 g/mol. The Labute approximate surface area is 168 Å². The minimum Gasteiger partial charge on any atom is -0.474 e. The number of anilines is 1. The van der Waals surface area contributed by atoms with Crippen molar-refractivity contribution in [3.63, 3.8) is 0 Å². The number of rotatable bonds is 3. The first-order valence-electron chi connectivity index (χ1n) is 9.79. The molecule has 6 nitrogen and oxygen atoms in total. The van der Waals surface area contributed by atoms with Gasteiger partial charge in [-0.15, -0.1) is 0 Å². The molecule has 1 saturated carbocycles. The molecule has 1 fully saturated rings. The van der Waals surface area contributed by atoms with Crippen LogP contribution in [0.1, 0.15) is 31.2 Å². The smallest absolute Gasteiger partial charge is 0.213 e. The summed E-state index contributed by atoms with van der Waals surface area (Å²) in [5.74, 6) is 1.09. The van der Waals surface area contributed by atoms with Gasteiger partial charge >= 0.3 is 0 Å². The molecule has 3 aliphatic rings. The second-order valence-corrected chi connectivity index (χ2v) is 7.86. The van der Waals surface area contributed by atoms with Gasteiger partial charge in [-0.3, -0.25) is 0 Å². The Morgan fingerprint density at radius 1 is 1.14 bits per heavy atom. The van der Waals surface area contributed by atoms with Crippen LogP contribution in [-0.2, 0) is 6.54 Å². The second-order valence-electron chi connectivity index (χ2n) is 7.43. The molecule has 0 radical (unpaired) electrons. The number of ether oxygens (including phenoxy) is 1. The molecular formula is C21H22ClN5O. The predicted molar refractivity (Wildman–Crippen MR) is 110 cm³/mol. The molecule has 7 heteroatoms. The lowest BCUT2D eigenvalue weighted by molar-refractivity contribution is 0.136. The lowest BCUT2D eigenvalue weighted by Crippen LogP contribution is -2.28. The number of hydrogen-bond acceptors (Lipinski definition) is 5. The molecule has 2 N–H and O–H groups in total. The van der Waals surface area contributed by atoms with E-state index in [1.54, 1.807) is 6.20 Å². The van der Waals surface area contributed by atoms with Crippen LogP contribution in [0.25, 0.3) is 11.8 Å². The summed E-state index contributed by atoms with van der Waals surface area (Å²) in [6.07, 6.45) is 9.99. The van der Waals surface area contributed by atoms with Crippen molar-refractivity contribution in [2.45, 2.75) is 38.3 Å². The van der Waals surface area contributed by atoms with Crippen LogP contribution in [0.2, 0.25) is 0 Å². The molecule has 0 saturated heterocycles. The molecule has 2 aliphatic heterocycles. The van der Waals surface area contributed by atoms with Gasteiger partial charge in [0.1, 0.15) is 6.10 Å². The van der Waals surface area contributed by atoms with E-state index in [4.69, 9.17) is 16.3 Å². The lowest BCUT2D eigenvalue weighted by Gasteiger charge is -2.29. The molecule has 0 spiro atoms. The number of H-pyrrole nitrogens is 1. The molecule has 0 aromatic carbocycles. The molecule has 2 aromatic rings. The van der Waals surface area contributed by atoms with E-state index in [9.17, 15) is 0 Å². The van der Waals surface area contributed by atoms with Crippen molar-refractivity contribution in [1.29, 1.82) is 0 Å². The molecule has 4 heterocycles. The van der Waals surface area contributed by atoms with Crippen LogP contribution in [-0.4, -0.2) is 22.6 Å². The average Bonchev–Trinajstić information content (AvgIpc) is 2.95. The molecule has 5 rings (SSSR count). The normalized spacial score (nSPS) is 23.6. The average molecular weight is 396 g/mol. The van der Waals surface area contributed by atoms with Gasteiger partial charge in [0.05, 0.1) is 28.6 Å². The third-order valence-electron chi connectivity index (χ3n) is 5.64. The van der Waals surface area contributed by atoms with Crippen molar-refractivity contribution >= 4 is 29.1 Å². The fourth-order valence-electron chi connectivity index (χ4n) is 4.25. The van der Waals surface area contributed by atoms with Gasteiger partial charge in [0.15, 0.2) is 0 Å². The number of halogens is 1. The summed E-state index contributed by atoms with van der Waals surface area (Å²) in [4.78, 5) is 7.82. The van der Waals surface area contributed by atoms with E-state index in [1.165, 1.54) is 5.56 Å². The van der Waals surface area contributed by atoms with Gasteiger partial charge < -0.3 is 15.0 Å². The number of pyridine rings is 1. The number of hydrogen-bond donors (Lipinski definition) is 2. The van der Waals surface area contributed by atoms with E-state index in [2.05, 4.69) is 25.5 Å². The molecular weight excluding hydrogens is 374 g/mol. The maximum atomic E-state index is 6.25. The number of allylic oxidation sites excluding steroid dienone is 1. The van der Waals surface area contributed by atoms with Gasteiger partial charge in [0.2, 0.25) is 5.88 Å². The number of nitrogens with one attached hydrogen (secondary N) is 2. The van der Waals surface area contributed by atoms with Gasteiger partial charge in [-0.1, -0.05) is 17.7 Å². The summed E-state index contributed by atoms with van der Waals surface area (Å²) >= 11 is 6.25. The van der Waals surface area contributed by atoms with Crippen LogP contribution in [0.15, 0.2) is 45.7 Å². The van der Waals surface area contributed by atoms with Crippen molar-refractivity contribution in [3.8, 4) is 5.88 Å². The molecule has 2 aromatic heterocycles. The number of aromatic nitrogens is 2. The molecule has 144 valence electrons. The zero-order valence-corrected chi connectivity index (χ0v) is 16.2. The van der Waals surface area contributed by atoms with Crippen LogP contribution >= 0.6 is 11.6 Å². The fraction of sp³-hybridized carbons (Fsp3) is 0.381. The summed E-state index contributed by atoms with van der Waals surface area (Å²) in [5.41, 5.74) is 3.37. The molecule has 0 atom stereocenters. The zero-order chi connectivity index (χ0) is 18.9. The molecule has 0 bridgehead atoms. The van der Waals surface area contributed by atoms with Crippen LogP contribution in [0.5, 0.6) is 5.88 Å².